The standard InChI is InChI=1S/C28H32N2O3/c1-6-32-25-15-17-26(18-16-25)33-19-21-7-9-23(10-8-21)27(31)30-29-20(2)22-11-13-24(14-12-22)28(3,4)5/h7-18H,6,19H2,1-5H3,(H,30,31). The van der Waals surface area contributed by atoms with Crippen LogP contribution in [0.5, 0.6) is 11.5 Å². The van der Waals surface area contributed by atoms with E-state index >= 15 is 0 Å². The van der Waals surface area contributed by atoms with Crippen molar-refractivity contribution in [1.82, 2.24) is 5.43 Å². The van der Waals surface area contributed by atoms with Crippen LogP contribution < -0.4 is 14.9 Å². The predicted octanol–water partition coefficient (Wildman–Crippen LogP) is 6.12. The maximum absolute atomic E-state index is 12.5. The number of hydrogen-bond acceptors (Lipinski definition) is 4. The van der Waals surface area contributed by atoms with E-state index in [0.29, 0.717) is 18.8 Å². The van der Waals surface area contributed by atoms with Gasteiger partial charge in [0, 0.05) is 5.56 Å². The molecule has 3 rings (SSSR count). The van der Waals surface area contributed by atoms with E-state index in [0.717, 1.165) is 28.3 Å². The summed E-state index contributed by atoms with van der Waals surface area (Å²) in [4.78, 5) is 12.5. The molecule has 1 N–H and O–H groups in total. The van der Waals surface area contributed by atoms with Gasteiger partial charge in [-0.25, -0.2) is 5.43 Å². The van der Waals surface area contributed by atoms with E-state index < -0.39 is 0 Å². The minimum Gasteiger partial charge on any atom is -0.494 e. The van der Waals surface area contributed by atoms with Crippen LogP contribution in [0.2, 0.25) is 0 Å². The van der Waals surface area contributed by atoms with Gasteiger partial charge < -0.3 is 9.47 Å². The molecule has 0 unspecified atom stereocenters. The van der Waals surface area contributed by atoms with Crippen molar-refractivity contribution in [3.63, 3.8) is 0 Å². The third kappa shape index (κ3) is 6.94. The molecule has 1 amide bonds. The third-order valence-electron chi connectivity index (χ3n) is 5.25. The van der Waals surface area contributed by atoms with Crippen molar-refractivity contribution in [2.24, 2.45) is 5.10 Å². The minimum absolute atomic E-state index is 0.100. The SMILES string of the molecule is CCOc1ccc(OCc2ccc(C(=O)NN=C(C)c3ccc(C(C)(C)C)cc3)cc2)cc1. The van der Waals surface area contributed by atoms with Crippen LogP contribution in [0, 0.1) is 0 Å². The van der Waals surface area contributed by atoms with Crippen LogP contribution in [0.3, 0.4) is 0 Å². The van der Waals surface area contributed by atoms with E-state index in [1.54, 1.807) is 12.1 Å². The Bertz CT molecular complexity index is 1080. The smallest absolute Gasteiger partial charge is 0.271 e. The van der Waals surface area contributed by atoms with Crippen molar-refractivity contribution < 1.29 is 14.3 Å². The highest BCUT2D eigenvalue weighted by atomic mass is 16.5. The summed E-state index contributed by atoms with van der Waals surface area (Å²) in [6.45, 7) is 11.4. The molecular weight excluding hydrogens is 412 g/mol. The van der Waals surface area contributed by atoms with Crippen LogP contribution in [0.4, 0.5) is 0 Å². The Labute approximate surface area is 196 Å². The fourth-order valence-corrected chi connectivity index (χ4v) is 3.19. The Morgan fingerprint density at radius 3 is 1.91 bits per heavy atom. The molecule has 0 saturated heterocycles. The van der Waals surface area contributed by atoms with Crippen LogP contribution in [0.25, 0.3) is 0 Å². The third-order valence-corrected chi connectivity index (χ3v) is 5.25. The van der Waals surface area contributed by atoms with Gasteiger partial charge >= 0.3 is 0 Å². The first-order valence-electron chi connectivity index (χ1n) is 11.2. The fraction of sp³-hybridized carbons (Fsp3) is 0.286. The number of benzene rings is 3. The average Bonchev–Trinajstić information content (AvgIpc) is 2.82. The number of hydrogen-bond donors (Lipinski definition) is 1. The number of nitrogens with zero attached hydrogens (tertiary/aromatic N) is 1. The normalized spacial score (nSPS) is 11.7. The van der Waals surface area contributed by atoms with E-state index in [4.69, 9.17) is 9.47 Å². The fourth-order valence-electron chi connectivity index (χ4n) is 3.19. The monoisotopic (exact) mass is 444 g/mol. The van der Waals surface area contributed by atoms with Crippen LogP contribution >= 0.6 is 0 Å². The van der Waals surface area contributed by atoms with E-state index in [2.05, 4.69) is 43.4 Å². The first-order chi connectivity index (χ1) is 15.8. The second-order valence-corrected chi connectivity index (χ2v) is 8.86. The van der Waals surface area contributed by atoms with Gasteiger partial charge in [-0.15, -0.1) is 0 Å². The average molecular weight is 445 g/mol. The maximum atomic E-state index is 12.5. The largest absolute Gasteiger partial charge is 0.494 e. The molecule has 0 aliphatic carbocycles. The zero-order valence-electron chi connectivity index (χ0n) is 20.0. The van der Waals surface area contributed by atoms with Gasteiger partial charge in [0.25, 0.3) is 5.91 Å². The second kappa shape index (κ2) is 10.8. The summed E-state index contributed by atoms with van der Waals surface area (Å²) in [5.74, 6) is 1.33. The molecule has 0 atom stereocenters. The lowest BCUT2D eigenvalue weighted by Gasteiger charge is -2.19. The molecule has 0 saturated carbocycles. The number of carbonyl (C=O) groups is 1. The second-order valence-electron chi connectivity index (χ2n) is 8.86. The van der Waals surface area contributed by atoms with Crippen molar-refractivity contribution >= 4 is 11.6 Å². The summed E-state index contributed by atoms with van der Waals surface area (Å²) in [6, 6.07) is 23.1. The lowest BCUT2D eigenvalue weighted by atomic mass is 9.86. The minimum atomic E-state index is -0.250. The van der Waals surface area contributed by atoms with Crippen molar-refractivity contribution in [3.05, 3.63) is 95.1 Å². The number of hydrazone groups is 1. The molecule has 172 valence electrons. The summed E-state index contributed by atoms with van der Waals surface area (Å²) < 4.78 is 11.2. The van der Waals surface area contributed by atoms with Gasteiger partial charge in [0.2, 0.25) is 0 Å². The highest BCUT2D eigenvalue weighted by molar-refractivity contribution is 6.00. The Kier molecular flexibility index (Phi) is 7.88. The molecule has 5 heteroatoms. The molecule has 0 aromatic heterocycles. The zero-order chi connectivity index (χ0) is 23.8. The van der Waals surface area contributed by atoms with E-state index in [1.807, 2.05) is 62.4 Å². The first-order valence-corrected chi connectivity index (χ1v) is 11.2. The Balaban J connectivity index is 1.54. The van der Waals surface area contributed by atoms with Crippen LogP contribution in [-0.2, 0) is 12.0 Å². The zero-order valence-corrected chi connectivity index (χ0v) is 20.0. The van der Waals surface area contributed by atoms with Gasteiger partial charge in [-0.1, -0.05) is 57.2 Å². The molecule has 0 spiro atoms. The molecule has 5 nitrogen and oxygen atoms in total. The van der Waals surface area contributed by atoms with E-state index in [9.17, 15) is 4.79 Å². The highest BCUT2D eigenvalue weighted by Crippen LogP contribution is 2.22. The van der Waals surface area contributed by atoms with Crippen LogP contribution in [0.15, 0.2) is 77.9 Å². The number of carbonyl (C=O) groups excluding carboxylic acids is 1. The maximum Gasteiger partial charge on any atom is 0.271 e. The molecule has 0 radical (unpaired) electrons. The summed E-state index contributed by atoms with van der Waals surface area (Å²) in [6.07, 6.45) is 0. The van der Waals surface area contributed by atoms with Gasteiger partial charge in [-0.3, -0.25) is 4.79 Å². The number of rotatable bonds is 8. The molecule has 3 aromatic carbocycles. The Morgan fingerprint density at radius 1 is 0.818 bits per heavy atom. The molecule has 0 bridgehead atoms. The summed E-state index contributed by atoms with van der Waals surface area (Å²) in [5.41, 5.74) is 7.24. The van der Waals surface area contributed by atoms with Gasteiger partial charge in [0.1, 0.15) is 18.1 Å². The van der Waals surface area contributed by atoms with Gasteiger partial charge in [-0.2, -0.15) is 5.10 Å². The van der Waals surface area contributed by atoms with Crippen LogP contribution in [-0.4, -0.2) is 18.2 Å². The highest BCUT2D eigenvalue weighted by Gasteiger charge is 2.13. The molecular formula is C28H32N2O3. The molecule has 0 heterocycles. The predicted molar refractivity (Wildman–Crippen MR) is 133 cm³/mol. The van der Waals surface area contributed by atoms with Crippen molar-refractivity contribution in [1.29, 1.82) is 0 Å². The van der Waals surface area contributed by atoms with Crippen molar-refractivity contribution in [2.75, 3.05) is 6.61 Å². The molecule has 0 aliphatic rings. The first kappa shape index (κ1) is 24.1. The van der Waals surface area contributed by atoms with Gasteiger partial charge in [0.05, 0.1) is 12.3 Å². The van der Waals surface area contributed by atoms with E-state index in [1.165, 1.54) is 5.56 Å². The van der Waals surface area contributed by atoms with Crippen molar-refractivity contribution in [2.45, 2.75) is 46.6 Å². The molecule has 3 aromatic rings. The Hall–Kier alpha value is -3.60. The van der Waals surface area contributed by atoms with Crippen LogP contribution in [0.1, 0.15) is 61.7 Å². The lowest BCUT2D eigenvalue weighted by molar-refractivity contribution is 0.0954. The summed E-state index contributed by atoms with van der Waals surface area (Å²) in [7, 11) is 0. The number of ether oxygens (including phenoxy) is 2. The molecule has 33 heavy (non-hydrogen) atoms. The van der Waals surface area contributed by atoms with E-state index in [-0.39, 0.29) is 11.3 Å². The molecule has 0 fully saturated rings. The van der Waals surface area contributed by atoms with Gasteiger partial charge in [-0.05, 0) is 72.4 Å². The topological polar surface area (TPSA) is 59.9 Å². The van der Waals surface area contributed by atoms with Gasteiger partial charge in [0.15, 0.2) is 0 Å². The van der Waals surface area contributed by atoms with Crippen molar-refractivity contribution in [3.8, 4) is 11.5 Å². The Morgan fingerprint density at radius 2 is 1.36 bits per heavy atom. The summed E-state index contributed by atoms with van der Waals surface area (Å²) in [5, 5.41) is 4.26. The lowest BCUT2D eigenvalue weighted by Crippen LogP contribution is -2.19. The molecule has 0 aliphatic heterocycles. The summed E-state index contributed by atoms with van der Waals surface area (Å²) >= 11 is 0. The number of amides is 1. The number of nitrogens with one attached hydrogen (secondary N) is 1. The quantitative estimate of drug-likeness (QED) is 0.336.